The second-order valence-electron chi connectivity index (χ2n) is 7.51. The summed E-state index contributed by atoms with van der Waals surface area (Å²) < 4.78 is 11.4. The maximum Gasteiger partial charge on any atom is 0.336 e. The number of nitrogens with zero attached hydrogens (tertiary/aromatic N) is 1. The van der Waals surface area contributed by atoms with Crippen molar-refractivity contribution in [1.82, 2.24) is 10.3 Å². The van der Waals surface area contributed by atoms with Gasteiger partial charge in [0.15, 0.2) is 12.2 Å². The summed E-state index contributed by atoms with van der Waals surface area (Å²) in [6.07, 6.45) is -0.960. The Bertz CT molecular complexity index is 710. The highest BCUT2D eigenvalue weighted by Crippen LogP contribution is 2.29. The van der Waals surface area contributed by atoms with Crippen LogP contribution in [0.5, 0.6) is 5.75 Å². The zero-order valence-electron chi connectivity index (χ0n) is 16.4. The number of rotatable bonds is 11. The first kappa shape index (κ1) is 23.3. The zero-order chi connectivity index (χ0) is 21.6. The maximum absolute atomic E-state index is 11.3. The summed E-state index contributed by atoms with van der Waals surface area (Å²) in [6.45, 7) is 5.67. The largest absolute Gasteiger partial charge is 0.488 e. The van der Waals surface area contributed by atoms with Crippen LogP contribution in [0.4, 0.5) is 0 Å². The number of hydrogen-bond donors (Lipinski definition) is 4. The lowest BCUT2D eigenvalue weighted by Gasteiger charge is -2.27. The number of hydrogen-bond acceptors (Lipinski definition) is 7. The smallest absolute Gasteiger partial charge is 0.336 e. The van der Waals surface area contributed by atoms with Crippen LogP contribution in [0.3, 0.4) is 0 Å². The van der Waals surface area contributed by atoms with Crippen LogP contribution in [0.2, 0.25) is 5.15 Å². The molecule has 1 fully saturated rings. The summed E-state index contributed by atoms with van der Waals surface area (Å²) in [6, 6.07) is 1.47. The fourth-order valence-electron chi connectivity index (χ4n) is 3.24. The predicted octanol–water partition coefficient (Wildman–Crippen LogP) is 1.55. The number of aliphatic hydroxyl groups excluding tert-OH is 1. The summed E-state index contributed by atoms with van der Waals surface area (Å²) in [7, 11) is 0. The molecule has 4 atom stereocenters. The van der Waals surface area contributed by atoms with Crippen molar-refractivity contribution in [3.05, 3.63) is 23.0 Å². The monoisotopic (exact) mass is 430 g/mol. The molecule has 162 valence electrons. The van der Waals surface area contributed by atoms with Crippen LogP contribution in [0, 0.1) is 11.8 Å². The minimum Gasteiger partial charge on any atom is -0.488 e. The van der Waals surface area contributed by atoms with E-state index in [0.29, 0.717) is 23.1 Å². The highest BCUT2D eigenvalue weighted by Gasteiger charge is 2.33. The molecular weight excluding hydrogens is 404 g/mol. The summed E-state index contributed by atoms with van der Waals surface area (Å²) >= 11 is 5.96. The second-order valence-corrected chi connectivity index (χ2v) is 7.89. The van der Waals surface area contributed by atoms with Gasteiger partial charge in [0.2, 0.25) is 0 Å². The van der Waals surface area contributed by atoms with Crippen molar-refractivity contribution in [2.24, 2.45) is 11.8 Å². The third-order valence-electron chi connectivity index (χ3n) is 4.72. The van der Waals surface area contributed by atoms with Gasteiger partial charge in [-0.15, -0.1) is 0 Å². The van der Waals surface area contributed by atoms with Crippen molar-refractivity contribution < 1.29 is 34.4 Å². The number of nitrogens with one attached hydrogen (secondary N) is 1. The van der Waals surface area contributed by atoms with Crippen LogP contribution < -0.4 is 10.1 Å². The van der Waals surface area contributed by atoms with Crippen molar-refractivity contribution in [2.75, 3.05) is 13.1 Å². The van der Waals surface area contributed by atoms with E-state index in [0.717, 1.165) is 25.9 Å². The molecule has 0 amide bonds. The molecule has 1 aliphatic rings. The molecule has 1 saturated heterocycles. The van der Waals surface area contributed by atoms with Crippen molar-refractivity contribution >= 4 is 23.5 Å². The molecule has 1 aliphatic heterocycles. The normalized spacial score (nSPS) is 19.7. The second kappa shape index (κ2) is 10.7. The average molecular weight is 431 g/mol. The molecule has 1 aromatic heterocycles. The minimum atomic E-state index is -2.20. The van der Waals surface area contributed by atoms with Gasteiger partial charge in [0.05, 0.1) is 12.8 Å². The number of aliphatic carboxylic acids is 2. The standard InChI is InChI=1S/C19H27ClN2O7/c1-10(2)5-13(11-3-4-21-7-11)29-14-8-22-15(20)6-12(14)9-28-17(19(26)27)16(23)18(24)25/h6,8,10-11,13,16-17,21,23H,3-5,7,9H2,1-2H3,(H,24,25)(H,26,27)/t11-,13?,16+,17?/m0/s1. The van der Waals surface area contributed by atoms with Gasteiger partial charge in [0, 0.05) is 18.0 Å². The van der Waals surface area contributed by atoms with Crippen molar-refractivity contribution in [3.63, 3.8) is 0 Å². The van der Waals surface area contributed by atoms with Crippen LogP contribution in [-0.2, 0) is 20.9 Å². The molecule has 0 bridgehead atoms. The summed E-state index contributed by atoms with van der Waals surface area (Å²) in [4.78, 5) is 26.2. The van der Waals surface area contributed by atoms with Crippen LogP contribution in [0.15, 0.2) is 12.3 Å². The molecule has 2 unspecified atom stereocenters. The minimum absolute atomic E-state index is 0.0772. The van der Waals surface area contributed by atoms with Gasteiger partial charge in [-0.05, 0) is 31.4 Å². The number of aromatic nitrogens is 1. The van der Waals surface area contributed by atoms with Crippen LogP contribution in [-0.4, -0.2) is 63.6 Å². The molecule has 2 rings (SSSR count). The van der Waals surface area contributed by atoms with E-state index in [9.17, 15) is 14.7 Å². The lowest BCUT2D eigenvalue weighted by Crippen LogP contribution is -2.41. The number of pyridine rings is 1. The number of carbonyl (C=O) groups is 2. The Morgan fingerprint density at radius 2 is 2.07 bits per heavy atom. The zero-order valence-corrected chi connectivity index (χ0v) is 17.1. The maximum atomic E-state index is 11.3. The Kier molecular flexibility index (Phi) is 8.63. The molecule has 2 heterocycles. The molecule has 4 N–H and O–H groups in total. The molecular formula is C19H27ClN2O7. The van der Waals surface area contributed by atoms with E-state index in [4.69, 9.17) is 31.3 Å². The Morgan fingerprint density at radius 3 is 2.62 bits per heavy atom. The number of ether oxygens (including phenoxy) is 2. The van der Waals surface area contributed by atoms with E-state index in [2.05, 4.69) is 24.1 Å². The third-order valence-corrected chi connectivity index (χ3v) is 4.93. The molecule has 29 heavy (non-hydrogen) atoms. The van der Waals surface area contributed by atoms with Crippen LogP contribution >= 0.6 is 11.6 Å². The summed E-state index contributed by atoms with van der Waals surface area (Å²) in [5.41, 5.74) is 0.425. The number of carboxylic acids is 2. The number of halogens is 1. The van der Waals surface area contributed by atoms with E-state index in [1.165, 1.54) is 12.3 Å². The molecule has 0 spiro atoms. The lowest BCUT2D eigenvalue weighted by atomic mass is 9.93. The number of carboxylic acid groups (broad SMARTS) is 2. The van der Waals surface area contributed by atoms with Crippen molar-refractivity contribution in [2.45, 2.75) is 51.6 Å². The first-order valence-corrected chi connectivity index (χ1v) is 9.84. The quantitative estimate of drug-likeness (QED) is 0.385. The molecule has 0 aliphatic carbocycles. The molecule has 1 aromatic rings. The topological polar surface area (TPSA) is 138 Å². The third kappa shape index (κ3) is 6.81. The van der Waals surface area contributed by atoms with Gasteiger partial charge in [-0.2, -0.15) is 0 Å². The lowest BCUT2D eigenvalue weighted by molar-refractivity contribution is -0.172. The van der Waals surface area contributed by atoms with Gasteiger partial charge < -0.3 is 30.1 Å². The predicted molar refractivity (Wildman–Crippen MR) is 104 cm³/mol. The molecule has 9 nitrogen and oxygen atoms in total. The van der Waals surface area contributed by atoms with E-state index >= 15 is 0 Å². The van der Waals surface area contributed by atoms with Crippen molar-refractivity contribution in [1.29, 1.82) is 0 Å². The highest BCUT2D eigenvalue weighted by atomic mass is 35.5. The Labute approximate surface area is 174 Å². The van der Waals surface area contributed by atoms with Gasteiger partial charge in [-0.25, -0.2) is 14.6 Å². The van der Waals surface area contributed by atoms with Gasteiger partial charge in [-0.1, -0.05) is 25.4 Å². The Balaban J connectivity index is 2.18. The fourth-order valence-corrected chi connectivity index (χ4v) is 3.42. The van der Waals surface area contributed by atoms with E-state index in [-0.39, 0.29) is 17.9 Å². The van der Waals surface area contributed by atoms with E-state index < -0.39 is 24.1 Å². The Morgan fingerprint density at radius 1 is 1.34 bits per heavy atom. The SMILES string of the molecule is CC(C)CC(Oc1cnc(Cl)cc1COC(C(=O)O)[C@@H](O)C(=O)O)[C@H]1CCNC1. The van der Waals surface area contributed by atoms with Crippen molar-refractivity contribution in [3.8, 4) is 5.75 Å². The molecule has 0 saturated carbocycles. The number of aliphatic hydroxyl groups is 1. The summed E-state index contributed by atoms with van der Waals surface area (Å²) in [5, 5.41) is 31.1. The Hall–Kier alpha value is -1.94. The van der Waals surface area contributed by atoms with Crippen LogP contribution in [0.25, 0.3) is 0 Å². The van der Waals surface area contributed by atoms with E-state index in [1.54, 1.807) is 0 Å². The van der Waals surface area contributed by atoms with Crippen LogP contribution in [0.1, 0.15) is 32.3 Å². The van der Waals surface area contributed by atoms with E-state index in [1.807, 2.05) is 0 Å². The molecule has 0 radical (unpaired) electrons. The summed E-state index contributed by atoms with van der Waals surface area (Å²) in [5.74, 6) is -2.16. The first-order valence-electron chi connectivity index (χ1n) is 9.46. The fraction of sp³-hybridized carbons (Fsp3) is 0.632. The molecule has 0 aromatic carbocycles. The van der Waals surface area contributed by atoms with Gasteiger partial charge in [-0.3, -0.25) is 0 Å². The first-order chi connectivity index (χ1) is 13.7. The van der Waals surface area contributed by atoms with Gasteiger partial charge in [0.25, 0.3) is 0 Å². The van der Waals surface area contributed by atoms with Gasteiger partial charge >= 0.3 is 11.9 Å². The highest BCUT2D eigenvalue weighted by molar-refractivity contribution is 6.29. The average Bonchev–Trinajstić information content (AvgIpc) is 3.17. The van der Waals surface area contributed by atoms with Gasteiger partial charge in [0.1, 0.15) is 17.0 Å². The molecule has 10 heteroatoms.